The van der Waals surface area contributed by atoms with Gasteiger partial charge in [-0.15, -0.1) is 0 Å². The molecule has 0 unspecified atom stereocenters. The molecule has 0 radical (unpaired) electrons. The Morgan fingerprint density at radius 1 is 1.50 bits per heavy atom. The van der Waals surface area contributed by atoms with Crippen LogP contribution in [0, 0.1) is 13.8 Å². The zero-order chi connectivity index (χ0) is 7.14. The first-order valence-corrected chi connectivity index (χ1v) is 3.19. The van der Waals surface area contributed by atoms with E-state index in [1.807, 2.05) is 19.9 Å². The lowest BCUT2D eigenvalue weighted by Gasteiger charge is -1.83. The number of fused-ring (bicyclic) bond motifs is 1. The van der Waals surface area contributed by atoms with Gasteiger partial charge in [0, 0.05) is 6.07 Å². The van der Waals surface area contributed by atoms with E-state index in [0.717, 1.165) is 17.2 Å². The summed E-state index contributed by atoms with van der Waals surface area (Å²) in [5.74, 6) is 0.933. The van der Waals surface area contributed by atoms with Crippen LogP contribution in [0.5, 0.6) is 0 Å². The van der Waals surface area contributed by atoms with Crippen LogP contribution in [0.1, 0.15) is 11.5 Å². The molecule has 0 N–H and O–H groups in total. The molecule has 0 aliphatic carbocycles. The lowest BCUT2D eigenvalue weighted by Crippen LogP contribution is -1.85. The smallest absolute Gasteiger partial charge is 0.221 e. The van der Waals surface area contributed by atoms with Crippen molar-refractivity contribution in [1.82, 2.24) is 9.61 Å². The second kappa shape index (κ2) is 1.62. The van der Waals surface area contributed by atoms with E-state index in [-0.39, 0.29) is 0 Å². The van der Waals surface area contributed by atoms with Crippen molar-refractivity contribution in [3.05, 3.63) is 23.7 Å². The minimum Gasteiger partial charge on any atom is -0.442 e. The fraction of sp³-hybridized carbons (Fsp3) is 0.286. The van der Waals surface area contributed by atoms with Gasteiger partial charge >= 0.3 is 0 Å². The Hall–Kier alpha value is -1.25. The number of oxazole rings is 1. The second-order valence-electron chi connectivity index (χ2n) is 2.32. The molecule has 0 aromatic carbocycles. The van der Waals surface area contributed by atoms with Crippen LogP contribution in [0.3, 0.4) is 0 Å². The van der Waals surface area contributed by atoms with Gasteiger partial charge in [-0.2, -0.15) is 5.10 Å². The van der Waals surface area contributed by atoms with Crippen LogP contribution in [0.15, 0.2) is 16.7 Å². The van der Waals surface area contributed by atoms with Gasteiger partial charge in [-0.25, -0.2) is 4.52 Å². The summed E-state index contributed by atoms with van der Waals surface area (Å²) in [6.07, 6.45) is 1.73. The molecule has 52 valence electrons. The molecule has 0 fully saturated rings. The molecule has 0 saturated carbocycles. The van der Waals surface area contributed by atoms with Gasteiger partial charge in [0.05, 0.1) is 11.9 Å². The van der Waals surface area contributed by atoms with Gasteiger partial charge in [0.2, 0.25) is 5.71 Å². The number of aryl methyl sites for hydroxylation is 2. The number of rotatable bonds is 0. The Labute approximate surface area is 58.3 Å². The predicted octanol–water partition coefficient (Wildman–Crippen LogP) is 1.54. The summed E-state index contributed by atoms with van der Waals surface area (Å²) >= 11 is 0. The normalized spacial score (nSPS) is 11.0. The monoisotopic (exact) mass is 136 g/mol. The topological polar surface area (TPSA) is 30.4 Å². The highest BCUT2D eigenvalue weighted by atomic mass is 16.4. The van der Waals surface area contributed by atoms with Crippen molar-refractivity contribution in [2.45, 2.75) is 13.8 Å². The van der Waals surface area contributed by atoms with Crippen molar-refractivity contribution < 1.29 is 4.42 Å². The van der Waals surface area contributed by atoms with E-state index < -0.39 is 0 Å². The summed E-state index contributed by atoms with van der Waals surface area (Å²) in [5.41, 5.74) is 1.88. The van der Waals surface area contributed by atoms with Crippen LogP contribution < -0.4 is 0 Å². The number of nitrogens with zero attached hydrogens (tertiary/aromatic N) is 2. The first-order chi connectivity index (χ1) is 4.79. The number of aromatic nitrogens is 2. The predicted molar refractivity (Wildman–Crippen MR) is 36.9 cm³/mol. The van der Waals surface area contributed by atoms with Crippen LogP contribution in [-0.2, 0) is 0 Å². The van der Waals surface area contributed by atoms with Crippen molar-refractivity contribution in [2.75, 3.05) is 0 Å². The average Bonchev–Trinajstić information content (AvgIpc) is 2.41. The molecule has 0 amide bonds. The fourth-order valence-electron chi connectivity index (χ4n) is 1.00. The molecule has 2 rings (SSSR count). The SMILES string of the molecule is Cc1oc2ccnn2c1C. The second-order valence-corrected chi connectivity index (χ2v) is 2.32. The molecule has 0 atom stereocenters. The molecule has 2 aromatic rings. The minimum absolute atomic E-state index is 0.815. The molecular weight excluding hydrogens is 128 g/mol. The average molecular weight is 136 g/mol. The zero-order valence-corrected chi connectivity index (χ0v) is 5.96. The van der Waals surface area contributed by atoms with E-state index in [2.05, 4.69) is 5.10 Å². The summed E-state index contributed by atoms with van der Waals surface area (Å²) in [6.45, 7) is 3.92. The van der Waals surface area contributed by atoms with Gasteiger partial charge in [0.1, 0.15) is 5.76 Å². The maximum Gasteiger partial charge on any atom is 0.221 e. The quantitative estimate of drug-likeness (QED) is 0.550. The van der Waals surface area contributed by atoms with Gasteiger partial charge in [-0.3, -0.25) is 0 Å². The fourth-order valence-corrected chi connectivity index (χ4v) is 1.00. The van der Waals surface area contributed by atoms with Crippen molar-refractivity contribution in [3.8, 4) is 0 Å². The third-order valence-electron chi connectivity index (χ3n) is 1.69. The molecule has 3 heteroatoms. The number of hydrogen-bond acceptors (Lipinski definition) is 2. The highest BCUT2D eigenvalue weighted by Crippen LogP contribution is 2.12. The van der Waals surface area contributed by atoms with E-state index in [1.54, 1.807) is 10.7 Å². The Morgan fingerprint density at radius 3 is 3.00 bits per heavy atom. The molecule has 3 nitrogen and oxygen atoms in total. The Balaban J connectivity index is 2.95. The summed E-state index contributed by atoms with van der Waals surface area (Å²) < 4.78 is 7.13. The molecule has 0 bridgehead atoms. The van der Waals surface area contributed by atoms with Crippen molar-refractivity contribution in [3.63, 3.8) is 0 Å². The molecular formula is C7H8N2O. The molecule has 0 saturated heterocycles. The van der Waals surface area contributed by atoms with E-state index in [9.17, 15) is 0 Å². The molecule has 2 heterocycles. The largest absolute Gasteiger partial charge is 0.442 e. The molecule has 0 aliphatic heterocycles. The summed E-state index contributed by atoms with van der Waals surface area (Å²) in [6, 6.07) is 1.85. The van der Waals surface area contributed by atoms with Gasteiger partial charge < -0.3 is 4.42 Å². The van der Waals surface area contributed by atoms with E-state index >= 15 is 0 Å². The minimum atomic E-state index is 0.815. The first-order valence-electron chi connectivity index (χ1n) is 3.19. The number of hydrogen-bond donors (Lipinski definition) is 0. The lowest BCUT2D eigenvalue weighted by atomic mass is 10.4. The van der Waals surface area contributed by atoms with Crippen molar-refractivity contribution in [1.29, 1.82) is 0 Å². The highest BCUT2D eigenvalue weighted by molar-refractivity contribution is 5.35. The first kappa shape index (κ1) is 5.53. The summed E-state index contributed by atoms with van der Waals surface area (Å²) in [4.78, 5) is 0. The van der Waals surface area contributed by atoms with Crippen molar-refractivity contribution >= 4 is 5.71 Å². The lowest BCUT2D eigenvalue weighted by molar-refractivity contribution is 0.570. The summed E-state index contributed by atoms with van der Waals surface area (Å²) in [7, 11) is 0. The standard InChI is InChI=1S/C7H8N2O/c1-5-6(2)10-7-3-4-8-9(5)7/h3-4H,1-2H3. The maximum atomic E-state index is 5.34. The van der Waals surface area contributed by atoms with Crippen molar-refractivity contribution in [2.24, 2.45) is 0 Å². The molecule has 10 heavy (non-hydrogen) atoms. The van der Waals surface area contributed by atoms with Crippen LogP contribution in [0.25, 0.3) is 5.71 Å². The van der Waals surface area contributed by atoms with Crippen LogP contribution in [-0.4, -0.2) is 9.61 Å². The Bertz CT molecular complexity index is 358. The molecule has 0 aliphatic rings. The van der Waals surface area contributed by atoms with Crippen LogP contribution in [0.4, 0.5) is 0 Å². The molecule has 0 spiro atoms. The van der Waals surface area contributed by atoms with Gasteiger partial charge in [0.25, 0.3) is 0 Å². The molecule has 2 aromatic heterocycles. The van der Waals surface area contributed by atoms with Gasteiger partial charge in [-0.1, -0.05) is 0 Å². The zero-order valence-electron chi connectivity index (χ0n) is 5.96. The third-order valence-corrected chi connectivity index (χ3v) is 1.69. The van der Waals surface area contributed by atoms with E-state index in [4.69, 9.17) is 4.42 Å². The third kappa shape index (κ3) is 0.518. The van der Waals surface area contributed by atoms with Crippen LogP contribution >= 0.6 is 0 Å². The highest BCUT2D eigenvalue weighted by Gasteiger charge is 2.04. The van der Waals surface area contributed by atoms with Gasteiger partial charge in [-0.05, 0) is 13.8 Å². The summed E-state index contributed by atoms with van der Waals surface area (Å²) in [5, 5.41) is 4.06. The van der Waals surface area contributed by atoms with Gasteiger partial charge in [0.15, 0.2) is 0 Å². The Morgan fingerprint density at radius 2 is 2.30 bits per heavy atom. The maximum absolute atomic E-state index is 5.34. The van der Waals surface area contributed by atoms with E-state index in [0.29, 0.717) is 0 Å². The van der Waals surface area contributed by atoms with Crippen LogP contribution in [0.2, 0.25) is 0 Å². The van der Waals surface area contributed by atoms with E-state index in [1.165, 1.54) is 0 Å². The Kier molecular flexibility index (Phi) is 0.897.